The van der Waals surface area contributed by atoms with Crippen LogP contribution >= 0.6 is 11.3 Å². The summed E-state index contributed by atoms with van der Waals surface area (Å²) in [6.45, 7) is 2.49. The second-order valence-electron chi connectivity index (χ2n) is 7.09. The number of thiophene rings is 1. The van der Waals surface area contributed by atoms with E-state index in [1.807, 2.05) is 48.7 Å². The minimum absolute atomic E-state index is 0.143. The monoisotopic (exact) mass is 421 g/mol. The van der Waals surface area contributed by atoms with Gasteiger partial charge in [-0.1, -0.05) is 17.7 Å². The molecule has 7 heteroatoms. The number of aromatic nitrogens is 1. The fraction of sp³-hybridized carbons (Fsp3) is 0.130. The van der Waals surface area contributed by atoms with E-state index in [9.17, 15) is 14.0 Å². The van der Waals surface area contributed by atoms with Crippen molar-refractivity contribution in [2.75, 3.05) is 5.32 Å². The predicted molar refractivity (Wildman–Crippen MR) is 118 cm³/mol. The molecule has 0 atom stereocenters. The summed E-state index contributed by atoms with van der Waals surface area (Å²) in [5.74, 6) is -0.374. The molecule has 4 rings (SSSR count). The molecule has 152 valence electrons. The third-order valence-corrected chi connectivity index (χ3v) is 5.61. The van der Waals surface area contributed by atoms with Gasteiger partial charge in [0.25, 0.3) is 5.56 Å². The molecule has 0 saturated heterocycles. The molecule has 2 amide bonds. The Morgan fingerprint density at radius 3 is 2.63 bits per heavy atom. The Morgan fingerprint density at radius 1 is 1.10 bits per heavy atom. The third-order valence-electron chi connectivity index (χ3n) is 4.75. The van der Waals surface area contributed by atoms with Crippen LogP contribution in [0.3, 0.4) is 0 Å². The molecule has 0 aliphatic rings. The molecular formula is C23H20FN3O2S. The van der Waals surface area contributed by atoms with Crippen molar-refractivity contribution in [3.8, 4) is 0 Å². The van der Waals surface area contributed by atoms with Gasteiger partial charge in [0, 0.05) is 21.6 Å². The first-order valence-electron chi connectivity index (χ1n) is 9.44. The molecule has 0 spiro atoms. The largest absolute Gasteiger partial charge is 0.322 e. The molecule has 0 fully saturated rings. The molecule has 5 nitrogen and oxygen atoms in total. The van der Waals surface area contributed by atoms with Crippen molar-refractivity contribution < 1.29 is 9.18 Å². The number of nitrogens with one attached hydrogen (secondary N) is 2. The molecule has 30 heavy (non-hydrogen) atoms. The third kappa shape index (κ3) is 4.58. The van der Waals surface area contributed by atoms with Crippen LogP contribution in [0.1, 0.15) is 16.0 Å². The van der Waals surface area contributed by atoms with Crippen LogP contribution in [0.15, 0.2) is 70.8 Å². The second kappa shape index (κ2) is 8.51. The quantitative estimate of drug-likeness (QED) is 0.461. The van der Waals surface area contributed by atoms with E-state index in [1.54, 1.807) is 4.90 Å². The van der Waals surface area contributed by atoms with E-state index in [4.69, 9.17) is 0 Å². The van der Waals surface area contributed by atoms with Crippen molar-refractivity contribution >= 4 is 34.0 Å². The Kier molecular flexibility index (Phi) is 5.63. The van der Waals surface area contributed by atoms with Gasteiger partial charge >= 0.3 is 6.03 Å². The molecule has 0 bridgehead atoms. The number of urea groups is 1. The molecule has 4 aromatic rings. The zero-order valence-corrected chi connectivity index (χ0v) is 17.1. The number of aryl methyl sites for hydroxylation is 1. The van der Waals surface area contributed by atoms with E-state index in [0.29, 0.717) is 17.8 Å². The maximum absolute atomic E-state index is 13.2. The number of halogens is 1. The number of aromatic amines is 1. The maximum atomic E-state index is 13.2. The van der Waals surface area contributed by atoms with Gasteiger partial charge in [0.05, 0.1) is 13.1 Å². The van der Waals surface area contributed by atoms with Gasteiger partial charge in [0.2, 0.25) is 0 Å². The van der Waals surface area contributed by atoms with Gasteiger partial charge < -0.3 is 15.2 Å². The molecule has 2 heterocycles. The normalized spacial score (nSPS) is 10.9. The Labute approximate surface area is 176 Å². The standard InChI is InChI=1S/C23H20FN3O2S/c1-15-4-9-21-16(11-15)12-17(22(28)26-21)13-27(14-20-3-2-10-30-20)23(29)25-19-7-5-18(24)6-8-19/h2-12H,13-14H2,1H3,(H,25,29)(H,26,28). The minimum atomic E-state index is -0.374. The summed E-state index contributed by atoms with van der Waals surface area (Å²) in [6.07, 6.45) is 0. The van der Waals surface area contributed by atoms with E-state index in [1.165, 1.54) is 35.6 Å². The number of rotatable bonds is 5. The van der Waals surface area contributed by atoms with Crippen LogP contribution < -0.4 is 10.9 Å². The average molecular weight is 421 g/mol. The van der Waals surface area contributed by atoms with Crippen molar-refractivity contribution in [2.24, 2.45) is 0 Å². The van der Waals surface area contributed by atoms with Crippen molar-refractivity contribution in [1.82, 2.24) is 9.88 Å². The smallest absolute Gasteiger partial charge is 0.322 e. The summed E-state index contributed by atoms with van der Waals surface area (Å²) in [5.41, 5.74) is 2.61. The number of benzene rings is 2. The highest BCUT2D eigenvalue weighted by Crippen LogP contribution is 2.18. The van der Waals surface area contributed by atoms with Crippen molar-refractivity contribution in [1.29, 1.82) is 0 Å². The van der Waals surface area contributed by atoms with Gasteiger partial charge in [-0.2, -0.15) is 0 Å². The van der Waals surface area contributed by atoms with E-state index < -0.39 is 0 Å². The summed E-state index contributed by atoms with van der Waals surface area (Å²) < 4.78 is 13.2. The number of fused-ring (bicyclic) bond motifs is 1. The van der Waals surface area contributed by atoms with Gasteiger partial charge in [-0.15, -0.1) is 11.3 Å². The summed E-state index contributed by atoms with van der Waals surface area (Å²) >= 11 is 1.54. The fourth-order valence-corrected chi connectivity index (χ4v) is 3.94. The molecule has 0 saturated carbocycles. The number of hydrogen-bond acceptors (Lipinski definition) is 3. The fourth-order valence-electron chi connectivity index (χ4n) is 3.22. The first-order valence-corrected chi connectivity index (χ1v) is 10.3. The Morgan fingerprint density at radius 2 is 1.90 bits per heavy atom. The minimum Gasteiger partial charge on any atom is -0.322 e. The predicted octanol–water partition coefficient (Wildman–Crippen LogP) is 5.27. The lowest BCUT2D eigenvalue weighted by Gasteiger charge is -2.22. The van der Waals surface area contributed by atoms with Crippen molar-refractivity contribution in [2.45, 2.75) is 20.0 Å². The molecule has 2 aromatic carbocycles. The Hall–Kier alpha value is -3.45. The number of pyridine rings is 1. The zero-order valence-electron chi connectivity index (χ0n) is 16.3. The van der Waals surface area contributed by atoms with Gasteiger partial charge in [-0.05, 0) is 66.2 Å². The molecular weight excluding hydrogens is 401 g/mol. The number of anilines is 1. The van der Waals surface area contributed by atoms with Crippen molar-refractivity contribution in [3.05, 3.63) is 98.2 Å². The van der Waals surface area contributed by atoms with Crippen LogP contribution in [-0.4, -0.2) is 15.9 Å². The van der Waals surface area contributed by atoms with Gasteiger partial charge in [-0.3, -0.25) is 4.79 Å². The molecule has 0 aliphatic carbocycles. The average Bonchev–Trinajstić information content (AvgIpc) is 3.23. The van der Waals surface area contributed by atoms with Crippen LogP contribution in [0.4, 0.5) is 14.9 Å². The highest BCUT2D eigenvalue weighted by molar-refractivity contribution is 7.09. The number of H-pyrrole nitrogens is 1. The summed E-state index contributed by atoms with van der Waals surface area (Å²) in [4.78, 5) is 31.1. The lowest BCUT2D eigenvalue weighted by atomic mass is 10.1. The molecule has 2 N–H and O–H groups in total. The molecule has 0 aliphatic heterocycles. The highest BCUT2D eigenvalue weighted by Gasteiger charge is 2.17. The van der Waals surface area contributed by atoms with Crippen LogP contribution in [0.2, 0.25) is 0 Å². The molecule has 0 unspecified atom stereocenters. The van der Waals surface area contributed by atoms with E-state index in [2.05, 4.69) is 10.3 Å². The van der Waals surface area contributed by atoms with Crippen LogP contribution in [0, 0.1) is 12.7 Å². The Bertz CT molecular complexity index is 1230. The molecule has 0 radical (unpaired) electrons. The van der Waals surface area contributed by atoms with E-state index in [-0.39, 0.29) is 24.0 Å². The van der Waals surface area contributed by atoms with Gasteiger partial charge in [0.1, 0.15) is 5.82 Å². The zero-order chi connectivity index (χ0) is 21.1. The number of carbonyl (C=O) groups is 1. The van der Waals surface area contributed by atoms with E-state index >= 15 is 0 Å². The SMILES string of the molecule is Cc1ccc2[nH]c(=O)c(CN(Cc3cccs3)C(=O)Nc3ccc(F)cc3)cc2c1. The topological polar surface area (TPSA) is 65.2 Å². The maximum Gasteiger partial charge on any atom is 0.322 e. The second-order valence-corrected chi connectivity index (χ2v) is 8.12. The lowest BCUT2D eigenvalue weighted by molar-refractivity contribution is 0.207. The van der Waals surface area contributed by atoms with Gasteiger partial charge in [0.15, 0.2) is 0 Å². The van der Waals surface area contributed by atoms with Crippen LogP contribution in [-0.2, 0) is 13.1 Å². The number of nitrogens with zero attached hydrogens (tertiary/aromatic N) is 1. The van der Waals surface area contributed by atoms with Crippen molar-refractivity contribution in [3.63, 3.8) is 0 Å². The van der Waals surface area contributed by atoms with Crippen LogP contribution in [0.25, 0.3) is 10.9 Å². The first kappa shape index (κ1) is 19.8. The lowest BCUT2D eigenvalue weighted by Crippen LogP contribution is -2.35. The number of amides is 2. The summed E-state index contributed by atoms with van der Waals surface area (Å²) in [5, 5.41) is 5.64. The van der Waals surface area contributed by atoms with Gasteiger partial charge in [-0.25, -0.2) is 9.18 Å². The molecule has 2 aromatic heterocycles. The summed E-state index contributed by atoms with van der Waals surface area (Å²) in [6, 6.07) is 16.7. The van der Waals surface area contributed by atoms with Crippen LogP contribution in [0.5, 0.6) is 0 Å². The first-order chi connectivity index (χ1) is 14.5. The highest BCUT2D eigenvalue weighted by atomic mass is 32.1. The Balaban J connectivity index is 1.63. The summed E-state index contributed by atoms with van der Waals surface area (Å²) in [7, 11) is 0. The number of hydrogen-bond donors (Lipinski definition) is 2. The van der Waals surface area contributed by atoms with E-state index in [0.717, 1.165) is 21.3 Å². The number of carbonyl (C=O) groups excluding carboxylic acids is 1.